The first-order valence-electron chi connectivity index (χ1n) is 12.3. The molecule has 0 bridgehead atoms. The van der Waals surface area contributed by atoms with E-state index < -0.39 is 5.60 Å². The van der Waals surface area contributed by atoms with E-state index in [1.54, 1.807) is 0 Å². The minimum Gasteiger partial charge on any atom is -0.385 e. The molecule has 3 unspecified atom stereocenters. The Morgan fingerprint density at radius 2 is 1.50 bits per heavy atom. The Kier molecular flexibility index (Phi) is 5.90. The van der Waals surface area contributed by atoms with Crippen LogP contribution in [0.2, 0.25) is 0 Å². The summed E-state index contributed by atoms with van der Waals surface area (Å²) in [4.78, 5) is 28.6. The molecule has 168 valence electrons. The number of ketones is 1. The molecule has 0 spiro atoms. The first kappa shape index (κ1) is 21.4. The van der Waals surface area contributed by atoms with Crippen molar-refractivity contribution >= 4 is 11.7 Å². The van der Waals surface area contributed by atoms with Crippen LogP contribution in [-0.4, -0.2) is 34.3 Å². The van der Waals surface area contributed by atoms with Crippen molar-refractivity contribution in [3.05, 3.63) is 71.8 Å². The zero-order valence-corrected chi connectivity index (χ0v) is 18.7. The lowest BCUT2D eigenvalue weighted by Gasteiger charge is -2.53. The Labute approximate surface area is 190 Å². The van der Waals surface area contributed by atoms with Gasteiger partial charge in [-0.25, -0.2) is 0 Å². The summed E-state index contributed by atoms with van der Waals surface area (Å²) in [6, 6.07) is 19.6. The summed E-state index contributed by atoms with van der Waals surface area (Å²) < 4.78 is 0. The van der Waals surface area contributed by atoms with Crippen molar-refractivity contribution in [2.75, 3.05) is 6.54 Å². The second kappa shape index (κ2) is 8.82. The SMILES string of the molecule is O=C(c1ccccc1)C1CCC(C(=O)N2CCC(O)(c3ccccc3)[C@H]3CCCC[C@H]32)C1. The van der Waals surface area contributed by atoms with Gasteiger partial charge in [-0.1, -0.05) is 73.5 Å². The van der Waals surface area contributed by atoms with Gasteiger partial charge in [0.15, 0.2) is 5.78 Å². The molecule has 1 aliphatic heterocycles. The Hall–Kier alpha value is -2.46. The Bertz CT molecular complexity index is 959. The molecule has 5 rings (SSSR count). The zero-order chi connectivity index (χ0) is 22.1. The van der Waals surface area contributed by atoms with Crippen LogP contribution in [0.15, 0.2) is 60.7 Å². The number of piperidine rings is 1. The lowest BCUT2D eigenvalue weighted by atomic mass is 9.66. The van der Waals surface area contributed by atoms with Gasteiger partial charge in [-0.2, -0.15) is 0 Å². The molecule has 3 aliphatic rings. The van der Waals surface area contributed by atoms with Gasteiger partial charge in [-0.3, -0.25) is 9.59 Å². The van der Waals surface area contributed by atoms with E-state index in [2.05, 4.69) is 4.90 Å². The lowest BCUT2D eigenvalue weighted by molar-refractivity contribution is -0.158. The number of carbonyl (C=O) groups excluding carboxylic acids is 2. The third-order valence-electron chi connectivity index (χ3n) is 8.24. The van der Waals surface area contributed by atoms with Crippen LogP contribution < -0.4 is 0 Å². The molecule has 1 heterocycles. The van der Waals surface area contributed by atoms with Crippen LogP contribution in [-0.2, 0) is 10.4 Å². The monoisotopic (exact) mass is 431 g/mol. The molecule has 2 saturated carbocycles. The number of aliphatic hydroxyl groups is 1. The van der Waals surface area contributed by atoms with Gasteiger partial charge in [0.25, 0.3) is 0 Å². The average molecular weight is 432 g/mol. The fourth-order valence-electron chi connectivity index (χ4n) is 6.56. The van der Waals surface area contributed by atoms with E-state index in [4.69, 9.17) is 0 Å². The maximum absolute atomic E-state index is 13.6. The molecule has 4 heteroatoms. The normalized spacial score (nSPS) is 32.3. The summed E-state index contributed by atoms with van der Waals surface area (Å²) >= 11 is 0. The highest BCUT2D eigenvalue weighted by Crippen LogP contribution is 2.48. The molecular weight excluding hydrogens is 398 g/mol. The maximum Gasteiger partial charge on any atom is 0.225 e. The molecule has 0 aromatic heterocycles. The van der Waals surface area contributed by atoms with E-state index >= 15 is 0 Å². The highest BCUT2D eigenvalue weighted by molar-refractivity contribution is 5.98. The van der Waals surface area contributed by atoms with Crippen LogP contribution >= 0.6 is 0 Å². The molecule has 32 heavy (non-hydrogen) atoms. The van der Waals surface area contributed by atoms with Crippen LogP contribution in [0.4, 0.5) is 0 Å². The van der Waals surface area contributed by atoms with Gasteiger partial charge in [0.2, 0.25) is 5.91 Å². The minimum atomic E-state index is -0.857. The van der Waals surface area contributed by atoms with Gasteiger partial charge >= 0.3 is 0 Å². The van der Waals surface area contributed by atoms with Gasteiger partial charge in [0, 0.05) is 35.9 Å². The van der Waals surface area contributed by atoms with E-state index in [1.807, 2.05) is 60.7 Å². The van der Waals surface area contributed by atoms with E-state index in [-0.39, 0.29) is 35.5 Å². The Morgan fingerprint density at radius 3 is 2.25 bits per heavy atom. The maximum atomic E-state index is 13.6. The number of hydrogen-bond acceptors (Lipinski definition) is 3. The van der Waals surface area contributed by atoms with Crippen LogP contribution in [0.1, 0.15) is 67.3 Å². The molecule has 0 radical (unpaired) electrons. The summed E-state index contributed by atoms with van der Waals surface area (Å²) in [5, 5.41) is 11.8. The fourth-order valence-corrected chi connectivity index (χ4v) is 6.56. The van der Waals surface area contributed by atoms with Crippen molar-refractivity contribution < 1.29 is 14.7 Å². The van der Waals surface area contributed by atoms with Crippen molar-refractivity contribution in [2.45, 2.75) is 63.0 Å². The van der Waals surface area contributed by atoms with Crippen LogP contribution in [0, 0.1) is 17.8 Å². The largest absolute Gasteiger partial charge is 0.385 e. The fraction of sp³-hybridized carbons (Fsp3) is 0.500. The van der Waals surface area contributed by atoms with Gasteiger partial charge in [-0.05, 0) is 44.1 Å². The lowest BCUT2D eigenvalue weighted by Crippen LogP contribution is -2.59. The van der Waals surface area contributed by atoms with E-state index in [0.717, 1.165) is 49.7 Å². The summed E-state index contributed by atoms with van der Waals surface area (Å²) in [7, 11) is 0. The number of nitrogens with zero attached hydrogens (tertiary/aromatic N) is 1. The number of Topliss-reactive ketones (excluding diaryl/α,β-unsaturated/α-hetero) is 1. The number of benzene rings is 2. The molecule has 5 atom stereocenters. The van der Waals surface area contributed by atoms with Crippen LogP contribution in [0.3, 0.4) is 0 Å². The van der Waals surface area contributed by atoms with Gasteiger partial charge in [0.1, 0.15) is 0 Å². The first-order chi connectivity index (χ1) is 15.6. The highest BCUT2D eigenvalue weighted by Gasteiger charge is 2.51. The summed E-state index contributed by atoms with van der Waals surface area (Å²) in [6.07, 6.45) is 6.96. The van der Waals surface area contributed by atoms with Crippen LogP contribution in [0.25, 0.3) is 0 Å². The Morgan fingerprint density at radius 1 is 0.844 bits per heavy atom. The summed E-state index contributed by atoms with van der Waals surface area (Å²) in [6.45, 7) is 0.596. The quantitative estimate of drug-likeness (QED) is 0.696. The van der Waals surface area contributed by atoms with Crippen molar-refractivity contribution in [1.29, 1.82) is 0 Å². The molecule has 1 amide bonds. The first-order valence-corrected chi connectivity index (χ1v) is 12.3. The molecule has 1 saturated heterocycles. The van der Waals surface area contributed by atoms with E-state index in [9.17, 15) is 14.7 Å². The van der Waals surface area contributed by atoms with Crippen molar-refractivity contribution in [1.82, 2.24) is 4.90 Å². The Balaban J connectivity index is 1.31. The van der Waals surface area contributed by atoms with Crippen LogP contribution in [0.5, 0.6) is 0 Å². The molecule has 2 aliphatic carbocycles. The van der Waals surface area contributed by atoms with Gasteiger partial charge in [-0.15, -0.1) is 0 Å². The van der Waals surface area contributed by atoms with Gasteiger partial charge < -0.3 is 10.0 Å². The average Bonchev–Trinajstić information content (AvgIpc) is 3.35. The molecule has 4 nitrogen and oxygen atoms in total. The van der Waals surface area contributed by atoms with Crippen molar-refractivity contribution in [2.24, 2.45) is 17.8 Å². The van der Waals surface area contributed by atoms with E-state index in [0.29, 0.717) is 19.4 Å². The predicted molar refractivity (Wildman–Crippen MR) is 124 cm³/mol. The molecular formula is C28H33NO3. The topological polar surface area (TPSA) is 57.6 Å². The zero-order valence-electron chi connectivity index (χ0n) is 18.7. The summed E-state index contributed by atoms with van der Waals surface area (Å²) in [5.41, 5.74) is 0.882. The highest BCUT2D eigenvalue weighted by atomic mass is 16.3. The second-order valence-corrected chi connectivity index (χ2v) is 9.97. The molecule has 1 N–H and O–H groups in total. The molecule has 2 aromatic carbocycles. The minimum absolute atomic E-state index is 0.0560. The van der Waals surface area contributed by atoms with Gasteiger partial charge in [0.05, 0.1) is 5.60 Å². The van der Waals surface area contributed by atoms with E-state index in [1.165, 1.54) is 0 Å². The summed E-state index contributed by atoms with van der Waals surface area (Å²) in [5.74, 6) is 0.339. The standard InChI is InChI=1S/C28H33NO3/c30-26(20-9-3-1-4-10-20)21-15-16-22(19-21)27(31)29-18-17-28(32,23-11-5-2-6-12-23)24-13-7-8-14-25(24)29/h1-6,9-12,21-22,24-25,32H,7-8,13-19H2/t21?,22?,24-,25+,28?/m0/s1. The third-order valence-corrected chi connectivity index (χ3v) is 8.24. The number of likely N-dealkylation sites (tertiary alicyclic amines) is 1. The van der Waals surface area contributed by atoms with Crippen molar-refractivity contribution in [3.63, 3.8) is 0 Å². The molecule has 3 fully saturated rings. The number of rotatable bonds is 4. The third kappa shape index (κ3) is 3.79. The number of carbonyl (C=O) groups is 2. The predicted octanol–water partition coefficient (Wildman–Crippen LogP) is 4.96. The number of amides is 1. The number of fused-ring (bicyclic) bond motifs is 1. The van der Waals surface area contributed by atoms with Crippen molar-refractivity contribution in [3.8, 4) is 0 Å². The smallest absolute Gasteiger partial charge is 0.225 e. The number of hydrogen-bond donors (Lipinski definition) is 1. The molecule has 2 aromatic rings. The second-order valence-electron chi connectivity index (χ2n) is 9.97.